The van der Waals surface area contributed by atoms with Gasteiger partial charge in [-0.1, -0.05) is 23.7 Å². The van der Waals surface area contributed by atoms with Crippen LogP contribution in [0.2, 0.25) is 5.02 Å². The van der Waals surface area contributed by atoms with E-state index in [2.05, 4.69) is 10.2 Å². The summed E-state index contributed by atoms with van der Waals surface area (Å²) in [4.78, 5) is 19.7. The van der Waals surface area contributed by atoms with Gasteiger partial charge in [-0.25, -0.2) is 4.99 Å². The van der Waals surface area contributed by atoms with Gasteiger partial charge >= 0.3 is 5.97 Å². The number of halogens is 1. The summed E-state index contributed by atoms with van der Waals surface area (Å²) in [6, 6.07) is 13.2. The van der Waals surface area contributed by atoms with Crippen LogP contribution in [0.1, 0.15) is 26.3 Å². The zero-order chi connectivity index (χ0) is 21.3. The lowest BCUT2D eigenvalue weighted by Gasteiger charge is -2.41. The molecule has 4 rings (SSSR count). The number of hydrogen-bond donors (Lipinski definition) is 1. The van der Waals surface area contributed by atoms with Crippen molar-refractivity contribution in [2.75, 3.05) is 26.2 Å². The van der Waals surface area contributed by atoms with Crippen LogP contribution in [-0.4, -0.2) is 49.0 Å². The van der Waals surface area contributed by atoms with Crippen molar-refractivity contribution >= 4 is 29.1 Å². The Hall–Kier alpha value is -2.57. The fourth-order valence-corrected chi connectivity index (χ4v) is 3.99. The van der Waals surface area contributed by atoms with Gasteiger partial charge in [-0.3, -0.25) is 4.79 Å². The number of nitrogens with one attached hydrogen (secondary N) is 1. The lowest BCUT2D eigenvalue weighted by atomic mass is 9.83. The van der Waals surface area contributed by atoms with E-state index >= 15 is 0 Å². The summed E-state index contributed by atoms with van der Waals surface area (Å²) >= 11 is 6.22. The van der Waals surface area contributed by atoms with E-state index < -0.39 is 5.41 Å². The SMILES string of the molecule is CCOC(=O)C(C)(C)C1CN(C2=Nc3cc(Cl)ccc3Oc3ccccc32)CCN1. The number of carbonyl (C=O) groups is 1. The predicted molar refractivity (Wildman–Crippen MR) is 118 cm³/mol. The largest absolute Gasteiger partial charge is 0.466 e. The quantitative estimate of drug-likeness (QED) is 0.736. The molecule has 1 unspecified atom stereocenters. The maximum absolute atomic E-state index is 12.6. The first kappa shape index (κ1) is 20.7. The van der Waals surface area contributed by atoms with Gasteiger partial charge in [0.2, 0.25) is 0 Å². The highest BCUT2D eigenvalue weighted by atomic mass is 35.5. The molecule has 0 saturated carbocycles. The molecule has 158 valence electrons. The van der Waals surface area contributed by atoms with Crippen LogP contribution in [0, 0.1) is 5.41 Å². The Morgan fingerprint density at radius 2 is 2.10 bits per heavy atom. The number of rotatable bonds is 3. The second-order valence-corrected chi connectivity index (χ2v) is 8.48. The molecule has 2 aliphatic rings. The van der Waals surface area contributed by atoms with Crippen molar-refractivity contribution in [3.63, 3.8) is 0 Å². The summed E-state index contributed by atoms with van der Waals surface area (Å²) in [6.07, 6.45) is 0. The first-order valence-corrected chi connectivity index (χ1v) is 10.6. The maximum atomic E-state index is 12.6. The van der Waals surface area contributed by atoms with Gasteiger partial charge in [-0.2, -0.15) is 0 Å². The monoisotopic (exact) mass is 427 g/mol. The Bertz CT molecular complexity index is 989. The van der Waals surface area contributed by atoms with E-state index in [9.17, 15) is 4.79 Å². The zero-order valence-corrected chi connectivity index (χ0v) is 18.2. The van der Waals surface area contributed by atoms with Crippen molar-refractivity contribution in [1.82, 2.24) is 10.2 Å². The number of amidine groups is 1. The molecule has 1 N–H and O–H groups in total. The minimum Gasteiger partial charge on any atom is -0.466 e. The predicted octanol–water partition coefficient (Wildman–Crippen LogP) is 4.39. The van der Waals surface area contributed by atoms with E-state index in [0.717, 1.165) is 30.2 Å². The average molecular weight is 428 g/mol. The summed E-state index contributed by atoms with van der Waals surface area (Å²) < 4.78 is 11.5. The lowest BCUT2D eigenvalue weighted by Crippen LogP contribution is -2.60. The normalized spacial score (nSPS) is 18.5. The molecule has 0 amide bonds. The van der Waals surface area contributed by atoms with Crippen LogP contribution >= 0.6 is 11.6 Å². The Morgan fingerprint density at radius 3 is 2.90 bits per heavy atom. The Kier molecular flexibility index (Phi) is 5.71. The van der Waals surface area contributed by atoms with Crippen LogP contribution in [0.15, 0.2) is 47.5 Å². The highest BCUT2D eigenvalue weighted by Crippen LogP contribution is 2.40. The van der Waals surface area contributed by atoms with E-state index in [1.807, 2.05) is 57.2 Å². The number of piperazine rings is 1. The molecule has 1 fully saturated rings. The summed E-state index contributed by atoms with van der Waals surface area (Å²) in [5.74, 6) is 2.03. The van der Waals surface area contributed by atoms with Crippen molar-refractivity contribution in [1.29, 1.82) is 0 Å². The number of benzene rings is 2. The van der Waals surface area contributed by atoms with Crippen LogP contribution in [0.25, 0.3) is 0 Å². The number of carbonyl (C=O) groups excluding carboxylic acids is 1. The lowest BCUT2D eigenvalue weighted by molar-refractivity contribution is -0.155. The third-order valence-corrected chi connectivity index (χ3v) is 5.88. The third-order valence-electron chi connectivity index (χ3n) is 5.64. The summed E-state index contributed by atoms with van der Waals surface area (Å²) in [7, 11) is 0. The summed E-state index contributed by atoms with van der Waals surface area (Å²) in [6.45, 7) is 8.16. The van der Waals surface area contributed by atoms with E-state index in [0.29, 0.717) is 29.6 Å². The average Bonchev–Trinajstić information content (AvgIpc) is 2.90. The van der Waals surface area contributed by atoms with Crippen LogP contribution in [0.5, 0.6) is 11.5 Å². The molecule has 2 aromatic carbocycles. The van der Waals surface area contributed by atoms with Crippen LogP contribution < -0.4 is 10.1 Å². The molecule has 7 heteroatoms. The molecule has 0 spiro atoms. The number of hydrogen-bond acceptors (Lipinski definition) is 6. The van der Waals surface area contributed by atoms with Gasteiger partial charge < -0.3 is 19.7 Å². The van der Waals surface area contributed by atoms with Crippen molar-refractivity contribution in [3.8, 4) is 11.5 Å². The van der Waals surface area contributed by atoms with Gasteiger partial charge in [-0.15, -0.1) is 0 Å². The Morgan fingerprint density at radius 1 is 1.30 bits per heavy atom. The van der Waals surface area contributed by atoms with Gasteiger partial charge in [0.25, 0.3) is 0 Å². The number of esters is 1. The van der Waals surface area contributed by atoms with Crippen molar-refractivity contribution < 1.29 is 14.3 Å². The molecule has 0 aliphatic carbocycles. The number of fused-ring (bicyclic) bond motifs is 2. The molecule has 2 aliphatic heterocycles. The van der Waals surface area contributed by atoms with Crippen molar-refractivity contribution in [3.05, 3.63) is 53.1 Å². The summed E-state index contributed by atoms with van der Waals surface area (Å²) in [5, 5.41) is 4.09. The number of ether oxygens (including phenoxy) is 2. The molecule has 2 aromatic rings. The van der Waals surface area contributed by atoms with Crippen molar-refractivity contribution in [2.45, 2.75) is 26.8 Å². The minimum atomic E-state index is -0.669. The van der Waals surface area contributed by atoms with E-state index in [-0.39, 0.29) is 12.0 Å². The Balaban J connectivity index is 1.72. The molecule has 6 nitrogen and oxygen atoms in total. The van der Waals surface area contributed by atoms with Crippen molar-refractivity contribution in [2.24, 2.45) is 10.4 Å². The highest BCUT2D eigenvalue weighted by molar-refractivity contribution is 6.31. The minimum absolute atomic E-state index is 0.0804. The first-order chi connectivity index (χ1) is 14.4. The molecule has 0 radical (unpaired) electrons. The fourth-order valence-electron chi connectivity index (χ4n) is 3.82. The van der Waals surface area contributed by atoms with Gasteiger partial charge in [0, 0.05) is 30.7 Å². The first-order valence-electron chi connectivity index (χ1n) is 10.2. The molecule has 0 bridgehead atoms. The summed E-state index contributed by atoms with van der Waals surface area (Å²) in [5.41, 5.74) is 0.935. The van der Waals surface area contributed by atoms with E-state index in [4.69, 9.17) is 26.1 Å². The number of aliphatic imine (C=N–C) groups is 1. The van der Waals surface area contributed by atoms with Gasteiger partial charge in [-0.05, 0) is 51.1 Å². The van der Waals surface area contributed by atoms with Crippen LogP contribution in [-0.2, 0) is 9.53 Å². The van der Waals surface area contributed by atoms with Crippen LogP contribution in [0.4, 0.5) is 5.69 Å². The zero-order valence-electron chi connectivity index (χ0n) is 17.4. The second-order valence-electron chi connectivity index (χ2n) is 8.04. The molecule has 1 saturated heterocycles. The standard InChI is InChI=1S/C23H26ClN3O3/c1-4-29-22(28)23(2,3)20-14-27(12-11-25-20)21-16-7-5-6-8-18(16)30-19-10-9-15(24)13-17(19)26-21/h5-10,13,20,25H,4,11-12,14H2,1-3H3. The molecular formula is C23H26ClN3O3. The molecule has 0 aromatic heterocycles. The maximum Gasteiger partial charge on any atom is 0.313 e. The molecule has 30 heavy (non-hydrogen) atoms. The van der Waals surface area contributed by atoms with Gasteiger partial charge in [0.05, 0.1) is 17.6 Å². The third kappa shape index (κ3) is 3.89. The number of nitrogens with zero attached hydrogens (tertiary/aromatic N) is 2. The highest BCUT2D eigenvalue weighted by Gasteiger charge is 2.41. The topological polar surface area (TPSA) is 63.2 Å². The molecular weight excluding hydrogens is 402 g/mol. The smallest absolute Gasteiger partial charge is 0.313 e. The Labute approximate surface area is 181 Å². The second kappa shape index (κ2) is 8.28. The van der Waals surface area contributed by atoms with E-state index in [1.165, 1.54) is 0 Å². The number of para-hydroxylation sites is 1. The van der Waals surface area contributed by atoms with E-state index in [1.54, 1.807) is 6.07 Å². The fraction of sp³-hybridized carbons (Fsp3) is 0.391. The van der Waals surface area contributed by atoms with Gasteiger partial charge in [0.1, 0.15) is 17.3 Å². The molecule has 2 heterocycles. The van der Waals surface area contributed by atoms with Gasteiger partial charge in [0.15, 0.2) is 5.75 Å². The molecule has 1 atom stereocenters. The van der Waals surface area contributed by atoms with Crippen LogP contribution in [0.3, 0.4) is 0 Å².